The van der Waals surface area contributed by atoms with Crippen LogP contribution in [0.25, 0.3) is 11.0 Å². The van der Waals surface area contributed by atoms with E-state index >= 15 is 0 Å². The Labute approximate surface area is 111 Å². The number of hydrogen-bond donors (Lipinski definition) is 2. The average molecular weight is 259 g/mol. The van der Waals surface area contributed by atoms with Crippen molar-refractivity contribution >= 4 is 11.0 Å². The van der Waals surface area contributed by atoms with E-state index in [2.05, 4.69) is 9.97 Å². The van der Waals surface area contributed by atoms with Crippen LogP contribution in [0.5, 0.6) is 11.5 Å². The molecule has 0 saturated heterocycles. The van der Waals surface area contributed by atoms with Gasteiger partial charge in [-0.25, -0.2) is 4.98 Å². The standard InChI is InChI=1S/C14H17N3O2/c15-14(2-1-3-14)8-13-16-9-6-11-12(7-10(9)17-13)19-5-4-18-11/h6-7H,1-5,8,15H2,(H,16,17). The number of aromatic nitrogens is 2. The minimum Gasteiger partial charge on any atom is -0.486 e. The van der Waals surface area contributed by atoms with Gasteiger partial charge in [0, 0.05) is 24.1 Å². The van der Waals surface area contributed by atoms with Crippen LogP contribution in [0.4, 0.5) is 0 Å². The van der Waals surface area contributed by atoms with Crippen LogP contribution in [0, 0.1) is 0 Å². The predicted molar refractivity (Wildman–Crippen MR) is 71.6 cm³/mol. The molecule has 0 amide bonds. The summed E-state index contributed by atoms with van der Waals surface area (Å²) in [6.45, 7) is 1.20. The molecule has 5 heteroatoms. The third-order valence-corrected chi connectivity index (χ3v) is 4.06. The highest BCUT2D eigenvalue weighted by Crippen LogP contribution is 2.35. The van der Waals surface area contributed by atoms with Gasteiger partial charge in [-0.05, 0) is 19.3 Å². The van der Waals surface area contributed by atoms with Crippen LogP contribution in [0.2, 0.25) is 0 Å². The molecule has 19 heavy (non-hydrogen) atoms. The second-order valence-electron chi connectivity index (χ2n) is 5.59. The number of benzene rings is 1. The molecular formula is C14H17N3O2. The summed E-state index contributed by atoms with van der Waals surface area (Å²) in [5.41, 5.74) is 8.12. The zero-order valence-corrected chi connectivity index (χ0v) is 10.7. The molecule has 0 atom stereocenters. The summed E-state index contributed by atoms with van der Waals surface area (Å²) in [7, 11) is 0. The van der Waals surface area contributed by atoms with E-state index in [9.17, 15) is 0 Å². The molecule has 1 saturated carbocycles. The van der Waals surface area contributed by atoms with Crippen LogP contribution in [0.3, 0.4) is 0 Å². The van der Waals surface area contributed by atoms with E-state index in [0.29, 0.717) is 13.2 Å². The second kappa shape index (κ2) is 3.87. The first-order valence-electron chi connectivity index (χ1n) is 6.79. The molecule has 0 unspecified atom stereocenters. The molecule has 1 aliphatic carbocycles. The number of aromatic amines is 1. The number of nitrogens with zero attached hydrogens (tertiary/aromatic N) is 1. The lowest BCUT2D eigenvalue weighted by molar-refractivity contribution is 0.172. The van der Waals surface area contributed by atoms with E-state index in [1.807, 2.05) is 12.1 Å². The average Bonchev–Trinajstić information content (AvgIpc) is 2.75. The van der Waals surface area contributed by atoms with Crippen molar-refractivity contribution < 1.29 is 9.47 Å². The Morgan fingerprint density at radius 2 is 1.95 bits per heavy atom. The van der Waals surface area contributed by atoms with E-state index in [1.54, 1.807) is 0 Å². The quantitative estimate of drug-likeness (QED) is 0.862. The summed E-state index contributed by atoms with van der Waals surface area (Å²) in [5, 5.41) is 0. The monoisotopic (exact) mass is 259 g/mol. The molecule has 2 aliphatic rings. The third kappa shape index (κ3) is 1.85. The number of imidazole rings is 1. The van der Waals surface area contributed by atoms with Crippen LogP contribution in [-0.2, 0) is 6.42 Å². The lowest BCUT2D eigenvalue weighted by atomic mass is 9.75. The number of nitrogens with one attached hydrogen (secondary N) is 1. The van der Waals surface area contributed by atoms with Crippen LogP contribution >= 0.6 is 0 Å². The van der Waals surface area contributed by atoms with Gasteiger partial charge in [0.05, 0.1) is 11.0 Å². The van der Waals surface area contributed by atoms with Crippen molar-refractivity contribution in [3.8, 4) is 11.5 Å². The maximum Gasteiger partial charge on any atom is 0.163 e. The predicted octanol–water partition coefficient (Wildman–Crippen LogP) is 1.76. The maximum atomic E-state index is 6.27. The lowest BCUT2D eigenvalue weighted by Crippen LogP contribution is -2.48. The Hall–Kier alpha value is -1.75. The zero-order chi connectivity index (χ0) is 12.9. The van der Waals surface area contributed by atoms with Gasteiger partial charge < -0.3 is 20.2 Å². The molecule has 5 nitrogen and oxygen atoms in total. The van der Waals surface area contributed by atoms with Crippen molar-refractivity contribution in [3.63, 3.8) is 0 Å². The zero-order valence-electron chi connectivity index (χ0n) is 10.7. The van der Waals surface area contributed by atoms with Gasteiger partial charge in [-0.15, -0.1) is 0 Å². The summed E-state index contributed by atoms with van der Waals surface area (Å²) in [4.78, 5) is 7.96. The summed E-state index contributed by atoms with van der Waals surface area (Å²) >= 11 is 0. The SMILES string of the molecule is NC1(Cc2nc3cc4c(cc3[nH]2)OCCO4)CCC1. The first-order chi connectivity index (χ1) is 9.22. The van der Waals surface area contributed by atoms with Crippen LogP contribution in [0.15, 0.2) is 12.1 Å². The van der Waals surface area contributed by atoms with E-state index in [-0.39, 0.29) is 5.54 Å². The van der Waals surface area contributed by atoms with Crippen molar-refractivity contribution in [2.24, 2.45) is 5.73 Å². The fraction of sp³-hybridized carbons (Fsp3) is 0.500. The largest absolute Gasteiger partial charge is 0.486 e. The van der Waals surface area contributed by atoms with Gasteiger partial charge >= 0.3 is 0 Å². The molecule has 1 aromatic carbocycles. The van der Waals surface area contributed by atoms with Gasteiger partial charge in [0.15, 0.2) is 11.5 Å². The summed E-state index contributed by atoms with van der Waals surface area (Å²) in [6, 6.07) is 3.90. The summed E-state index contributed by atoms with van der Waals surface area (Å²) < 4.78 is 11.1. The maximum absolute atomic E-state index is 6.27. The third-order valence-electron chi connectivity index (χ3n) is 4.06. The summed E-state index contributed by atoms with van der Waals surface area (Å²) in [6.07, 6.45) is 4.22. The molecule has 0 bridgehead atoms. The van der Waals surface area contributed by atoms with E-state index in [0.717, 1.165) is 47.6 Å². The van der Waals surface area contributed by atoms with Gasteiger partial charge in [0.1, 0.15) is 19.0 Å². The molecule has 1 fully saturated rings. The van der Waals surface area contributed by atoms with Gasteiger partial charge in [0.25, 0.3) is 0 Å². The van der Waals surface area contributed by atoms with E-state index in [4.69, 9.17) is 15.2 Å². The Balaban J connectivity index is 1.70. The number of nitrogens with two attached hydrogens (primary N) is 1. The molecule has 3 N–H and O–H groups in total. The number of hydrogen-bond acceptors (Lipinski definition) is 4. The fourth-order valence-electron chi connectivity index (χ4n) is 2.82. The number of fused-ring (bicyclic) bond motifs is 2. The minimum absolute atomic E-state index is 0.0551. The number of H-pyrrole nitrogens is 1. The highest BCUT2D eigenvalue weighted by Gasteiger charge is 2.33. The molecule has 2 heterocycles. The van der Waals surface area contributed by atoms with Crippen LogP contribution in [-0.4, -0.2) is 28.7 Å². The molecule has 4 rings (SSSR count). The van der Waals surface area contributed by atoms with E-state index in [1.165, 1.54) is 6.42 Å². The molecule has 0 radical (unpaired) electrons. The molecule has 100 valence electrons. The Morgan fingerprint density at radius 3 is 2.63 bits per heavy atom. The van der Waals surface area contributed by atoms with Gasteiger partial charge in [-0.3, -0.25) is 0 Å². The van der Waals surface area contributed by atoms with Crippen LogP contribution < -0.4 is 15.2 Å². The first kappa shape index (κ1) is 11.1. The van der Waals surface area contributed by atoms with Gasteiger partial charge in [-0.2, -0.15) is 0 Å². The Morgan fingerprint density at radius 1 is 1.21 bits per heavy atom. The van der Waals surface area contributed by atoms with Crippen molar-refractivity contribution in [3.05, 3.63) is 18.0 Å². The molecular weight excluding hydrogens is 242 g/mol. The molecule has 2 aromatic rings. The van der Waals surface area contributed by atoms with Crippen molar-refractivity contribution in [2.75, 3.05) is 13.2 Å². The van der Waals surface area contributed by atoms with Crippen molar-refractivity contribution in [1.29, 1.82) is 0 Å². The second-order valence-corrected chi connectivity index (χ2v) is 5.59. The lowest BCUT2D eigenvalue weighted by Gasteiger charge is -2.37. The first-order valence-corrected chi connectivity index (χ1v) is 6.79. The molecule has 1 aliphatic heterocycles. The van der Waals surface area contributed by atoms with Crippen molar-refractivity contribution in [1.82, 2.24) is 9.97 Å². The Kier molecular flexibility index (Phi) is 2.26. The topological polar surface area (TPSA) is 73.2 Å². The highest BCUT2D eigenvalue weighted by molar-refractivity contribution is 5.80. The van der Waals surface area contributed by atoms with Gasteiger partial charge in [0.2, 0.25) is 0 Å². The number of rotatable bonds is 2. The fourth-order valence-corrected chi connectivity index (χ4v) is 2.82. The number of ether oxygens (including phenoxy) is 2. The van der Waals surface area contributed by atoms with Crippen molar-refractivity contribution in [2.45, 2.75) is 31.2 Å². The normalized spacial score (nSPS) is 20.3. The molecule has 0 spiro atoms. The Bertz CT molecular complexity index is 588. The van der Waals surface area contributed by atoms with Crippen LogP contribution in [0.1, 0.15) is 25.1 Å². The van der Waals surface area contributed by atoms with Gasteiger partial charge in [-0.1, -0.05) is 0 Å². The molecule has 1 aromatic heterocycles. The highest BCUT2D eigenvalue weighted by atomic mass is 16.6. The summed E-state index contributed by atoms with van der Waals surface area (Å²) in [5.74, 6) is 2.53. The minimum atomic E-state index is -0.0551. The smallest absolute Gasteiger partial charge is 0.163 e. The van der Waals surface area contributed by atoms with E-state index < -0.39 is 0 Å².